The first-order chi connectivity index (χ1) is 8.99. The Balaban J connectivity index is 1.79. The monoisotopic (exact) mass is 264 g/mol. The largest absolute Gasteiger partial charge is 0.493 e. The minimum atomic E-state index is -0.266. The average Bonchev–Trinajstić information content (AvgIpc) is 2.81. The summed E-state index contributed by atoms with van der Waals surface area (Å²) >= 11 is 0. The lowest BCUT2D eigenvalue weighted by molar-refractivity contribution is 0.173. The van der Waals surface area contributed by atoms with Crippen molar-refractivity contribution >= 4 is 5.84 Å². The molecule has 0 bridgehead atoms. The van der Waals surface area contributed by atoms with Gasteiger partial charge < -0.3 is 19.9 Å². The van der Waals surface area contributed by atoms with Crippen LogP contribution in [-0.2, 0) is 0 Å². The summed E-state index contributed by atoms with van der Waals surface area (Å²) in [5, 5.41) is 7.49. The van der Waals surface area contributed by atoms with Crippen LogP contribution in [0.2, 0.25) is 0 Å². The van der Waals surface area contributed by atoms with Gasteiger partial charge >= 0.3 is 0 Å². The quantitative estimate of drug-likeness (QED) is 0.470. The van der Waals surface area contributed by atoms with Gasteiger partial charge in [-0.05, 0) is 25.0 Å². The number of rotatable bonds is 6. The molecule has 0 saturated carbocycles. The maximum Gasteiger partial charge on any atom is 0.231 e. The zero-order valence-corrected chi connectivity index (χ0v) is 11.4. The molecule has 0 atom stereocenters. The van der Waals surface area contributed by atoms with E-state index >= 15 is 0 Å². The van der Waals surface area contributed by atoms with Gasteiger partial charge in [0.05, 0.1) is 12.4 Å². The summed E-state index contributed by atoms with van der Waals surface area (Å²) in [5.41, 5.74) is 5.27. The lowest BCUT2D eigenvalue weighted by Gasteiger charge is -2.22. The third-order valence-corrected chi connectivity index (χ3v) is 3.29. The first kappa shape index (κ1) is 13.5. The molecule has 0 radical (unpaired) electrons. The number of nitrogens with one attached hydrogen (secondary N) is 1. The van der Waals surface area contributed by atoms with E-state index in [4.69, 9.17) is 25.4 Å². The summed E-state index contributed by atoms with van der Waals surface area (Å²) in [6.45, 7) is 4.80. The highest BCUT2D eigenvalue weighted by Crippen LogP contribution is 2.35. The molecule has 2 rings (SSSR count). The molecule has 0 amide bonds. The predicted octanol–water partition coefficient (Wildman–Crippen LogP) is 2.54. The van der Waals surface area contributed by atoms with Crippen molar-refractivity contribution in [2.24, 2.45) is 11.1 Å². The first-order valence-corrected chi connectivity index (χ1v) is 6.36. The summed E-state index contributed by atoms with van der Waals surface area (Å²) in [7, 11) is 0. The third-order valence-electron chi connectivity index (χ3n) is 3.29. The van der Waals surface area contributed by atoms with Gasteiger partial charge in [-0.1, -0.05) is 13.8 Å². The van der Waals surface area contributed by atoms with Crippen LogP contribution < -0.4 is 19.9 Å². The normalized spacial score (nSPS) is 13.4. The van der Waals surface area contributed by atoms with Crippen molar-refractivity contribution in [1.29, 1.82) is 5.41 Å². The molecule has 1 aliphatic rings. The second-order valence-corrected chi connectivity index (χ2v) is 5.26. The Morgan fingerprint density at radius 1 is 1.37 bits per heavy atom. The average molecular weight is 264 g/mol. The van der Waals surface area contributed by atoms with Gasteiger partial charge in [0.2, 0.25) is 6.79 Å². The van der Waals surface area contributed by atoms with Crippen molar-refractivity contribution in [1.82, 2.24) is 0 Å². The molecule has 19 heavy (non-hydrogen) atoms. The topological polar surface area (TPSA) is 77.6 Å². The van der Waals surface area contributed by atoms with Gasteiger partial charge in [0, 0.05) is 11.5 Å². The molecule has 0 aromatic heterocycles. The molecule has 1 aliphatic heterocycles. The van der Waals surface area contributed by atoms with Crippen LogP contribution in [-0.4, -0.2) is 19.2 Å². The maximum absolute atomic E-state index is 7.49. The number of ether oxygens (including phenoxy) is 3. The molecule has 3 N–H and O–H groups in total. The molecule has 1 aromatic rings. The molecule has 0 saturated heterocycles. The van der Waals surface area contributed by atoms with E-state index in [1.54, 1.807) is 0 Å². The summed E-state index contributed by atoms with van der Waals surface area (Å²) in [4.78, 5) is 0. The minimum absolute atomic E-state index is 0.218. The summed E-state index contributed by atoms with van der Waals surface area (Å²) in [5.74, 6) is 2.46. The minimum Gasteiger partial charge on any atom is -0.493 e. The van der Waals surface area contributed by atoms with Gasteiger partial charge in [0.15, 0.2) is 11.5 Å². The number of fused-ring (bicyclic) bond motifs is 1. The van der Waals surface area contributed by atoms with Crippen LogP contribution in [0.25, 0.3) is 0 Å². The van der Waals surface area contributed by atoms with Crippen LogP contribution in [0.15, 0.2) is 18.2 Å². The Morgan fingerprint density at radius 3 is 2.84 bits per heavy atom. The van der Waals surface area contributed by atoms with E-state index in [-0.39, 0.29) is 18.0 Å². The van der Waals surface area contributed by atoms with Crippen LogP contribution in [0, 0.1) is 10.8 Å². The SMILES string of the molecule is CC(C)(CCCOc1ccc2c(c1)OCO2)C(=N)N. The zero-order valence-electron chi connectivity index (χ0n) is 11.4. The van der Waals surface area contributed by atoms with Crippen molar-refractivity contribution in [3.63, 3.8) is 0 Å². The van der Waals surface area contributed by atoms with E-state index in [9.17, 15) is 0 Å². The highest BCUT2D eigenvalue weighted by molar-refractivity contribution is 5.82. The Bertz CT molecular complexity index is 472. The van der Waals surface area contributed by atoms with E-state index in [0.29, 0.717) is 6.61 Å². The number of amidine groups is 1. The molecular weight excluding hydrogens is 244 g/mol. The Hall–Kier alpha value is -1.91. The number of benzene rings is 1. The van der Waals surface area contributed by atoms with E-state index in [2.05, 4.69) is 0 Å². The molecular formula is C14H20N2O3. The maximum atomic E-state index is 7.49. The number of hydrogen-bond donors (Lipinski definition) is 2. The van der Waals surface area contributed by atoms with Crippen LogP contribution in [0.3, 0.4) is 0 Å². The highest BCUT2D eigenvalue weighted by Gasteiger charge is 2.21. The van der Waals surface area contributed by atoms with Crippen LogP contribution in [0.4, 0.5) is 0 Å². The molecule has 5 nitrogen and oxygen atoms in total. The molecule has 0 fully saturated rings. The fourth-order valence-electron chi connectivity index (χ4n) is 1.81. The standard InChI is InChI=1S/C14H20N2O3/c1-14(2,13(15)16)6-3-7-17-10-4-5-11-12(8-10)19-9-18-11/h4-5,8H,3,6-7,9H2,1-2H3,(H3,15,16). The van der Waals surface area contributed by atoms with Crippen molar-refractivity contribution in [2.45, 2.75) is 26.7 Å². The molecule has 1 heterocycles. The highest BCUT2D eigenvalue weighted by atomic mass is 16.7. The lowest BCUT2D eigenvalue weighted by atomic mass is 9.87. The second-order valence-electron chi connectivity index (χ2n) is 5.26. The molecule has 104 valence electrons. The smallest absolute Gasteiger partial charge is 0.231 e. The van der Waals surface area contributed by atoms with E-state index in [0.717, 1.165) is 30.1 Å². The lowest BCUT2D eigenvalue weighted by Crippen LogP contribution is -2.31. The summed E-state index contributed by atoms with van der Waals surface area (Å²) < 4.78 is 16.2. The van der Waals surface area contributed by atoms with Gasteiger partial charge in [0.25, 0.3) is 0 Å². The van der Waals surface area contributed by atoms with Crippen molar-refractivity contribution in [3.05, 3.63) is 18.2 Å². The number of nitrogens with two attached hydrogens (primary N) is 1. The van der Waals surface area contributed by atoms with Gasteiger partial charge in [-0.2, -0.15) is 0 Å². The van der Waals surface area contributed by atoms with Gasteiger partial charge in [-0.25, -0.2) is 0 Å². The third kappa shape index (κ3) is 3.30. The molecule has 0 spiro atoms. The van der Waals surface area contributed by atoms with E-state index in [1.165, 1.54) is 0 Å². The van der Waals surface area contributed by atoms with Crippen LogP contribution in [0.5, 0.6) is 17.2 Å². The zero-order chi connectivity index (χ0) is 13.9. The van der Waals surface area contributed by atoms with Crippen molar-refractivity contribution in [2.75, 3.05) is 13.4 Å². The Morgan fingerprint density at radius 2 is 2.11 bits per heavy atom. The fourth-order valence-corrected chi connectivity index (χ4v) is 1.81. The molecule has 0 aliphatic carbocycles. The molecule has 1 aromatic carbocycles. The first-order valence-electron chi connectivity index (χ1n) is 6.36. The van der Waals surface area contributed by atoms with Crippen molar-refractivity contribution < 1.29 is 14.2 Å². The van der Waals surface area contributed by atoms with Crippen LogP contribution >= 0.6 is 0 Å². The summed E-state index contributed by atoms with van der Waals surface area (Å²) in [6.07, 6.45) is 1.67. The predicted molar refractivity (Wildman–Crippen MR) is 73.0 cm³/mol. The van der Waals surface area contributed by atoms with E-state index in [1.807, 2.05) is 32.0 Å². The fraction of sp³-hybridized carbons (Fsp3) is 0.500. The molecule has 5 heteroatoms. The van der Waals surface area contributed by atoms with E-state index < -0.39 is 0 Å². The Kier molecular flexibility index (Phi) is 3.83. The number of hydrogen-bond acceptors (Lipinski definition) is 4. The molecule has 0 unspecified atom stereocenters. The van der Waals surface area contributed by atoms with Gasteiger partial charge in [0.1, 0.15) is 5.75 Å². The van der Waals surface area contributed by atoms with Gasteiger partial charge in [-0.3, -0.25) is 5.41 Å². The second kappa shape index (κ2) is 5.38. The van der Waals surface area contributed by atoms with Crippen molar-refractivity contribution in [3.8, 4) is 17.2 Å². The van der Waals surface area contributed by atoms with Gasteiger partial charge in [-0.15, -0.1) is 0 Å². The summed E-state index contributed by atoms with van der Waals surface area (Å²) in [6, 6.07) is 5.54. The Labute approximate surface area is 113 Å². The van der Waals surface area contributed by atoms with Crippen LogP contribution in [0.1, 0.15) is 26.7 Å².